The Labute approximate surface area is 93.6 Å². The summed E-state index contributed by atoms with van der Waals surface area (Å²) in [6.45, 7) is 4.92. The summed E-state index contributed by atoms with van der Waals surface area (Å²) in [7, 11) is 0. The van der Waals surface area contributed by atoms with Crippen LogP contribution in [0.25, 0.3) is 0 Å². The molecule has 1 unspecified atom stereocenters. The summed E-state index contributed by atoms with van der Waals surface area (Å²) in [5.74, 6) is 0.294. The van der Waals surface area contributed by atoms with Gasteiger partial charge in [-0.3, -0.25) is 0 Å². The van der Waals surface area contributed by atoms with Crippen molar-refractivity contribution in [3.63, 3.8) is 0 Å². The fraction of sp³-hybridized carbons (Fsp3) is 0.556. The van der Waals surface area contributed by atoms with E-state index in [0.717, 1.165) is 0 Å². The van der Waals surface area contributed by atoms with Gasteiger partial charge in [0.25, 0.3) is 0 Å². The molecule has 1 aromatic rings. The van der Waals surface area contributed by atoms with E-state index in [9.17, 15) is 0 Å². The minimum absolute atomic E-state index is 0.114. The SMILES string of the molecule is CCOCC(C)Oc1nc(Cl)ncc1N. The van der Waals surface area contributed by atoms with Crippen LogP contribution in [-0.4, -0.2) is 29.3 Å². The number of nitrogens with two attached hydrogens (primary N) is 1. The molecule has 0 aliphatic carbocycles. The van der Waals surface area contributed by atoms with Crippen molar-refractivity contribution in [3.8, 4) is 5.88 Å². The highest BCUT2D eigenvalue weighted by Crippen LogP contribution is 2.19. The van der Waals surface area contributed by atoms with Gasteiger partial charge in [0.2, 0.25) is 11.2 Å². The molecular formula is C9H14ClN3O2. The molecule has 2 N–H and O–H groups in total. The number of halogens is 1. The summed E-state index contributed by atoms with van der Waals surface area (Å²) >= 11 is 5.62. The van der Waals surface area contributed by atoms with Crippen LogP contribution in [0.4, 0.5) is 5.69 Å². The summed E-state index contributed by atoms with van der Waals surface area (Å²) in [6.07, 6.45) is 1.29. The van der Waals surface area contributed by atoms with Gasteiger partial charge in [-0.2, -0.15) is 4.98 Å². The molecule has 1 heterocycles. The van der Waals surface area contributed by atoms with Crippen LogP contribution in [0, 0.1) is 0 Å². The highest BCUT2D eigenvalue weighted by atomic mass is 35.5. The maximum absolute atomic E-state index is 5.62. The average molecular weight is 232 g/mol. The second-order valence-electron chi connectivity index (χ2n) is 2.99. The number of rotatable bonds is 5. The molecule has 0 saturated carbocycles. The van der Waals surface area contributed by atoms with Crippen molar-refractivity contribution in [2.24, 2.45) is 0 Å². The highest BCUT2D eigenvalue weighted by Gasteiger charge is 2.09. The smallest absolute Gasteiger partial charge is 0.241 e. The van der Waals surface area contributed by atoms with Crippen molar-refractivity contribution in [1.29, 1.82) is 0 Å². The molecule has 1 aromatic heterocycles. The number of hydrogen-bond donors (Lipinski definition) is 1. The third kappa shape index (κ3) is 3.89. The number of nitrogen functional groups attached to an aromatic ring is 1. The van der Waals surface area contributed by atoms with E-state index in [2.05, 4.69) is 9.97 Å². The minimum atomic E-state index is -0.127. The molecule has 0 aromatic carbocycles. The van der Waals surface area contributed by atoms with Crippen LogP contribution in [-0.2, 0) is 4.74 Å². The van der Waals surface area contributed by atoms with Crippen LogP contribution in [0.5, 0.6) is 5.88 Å². The lowest BCUT2D eigenvalue weighted by Gasteiger charge is -2.14. The molecule has 0 saturated heterocycles. The fourth-order valence-electron chi connectivity index (χ4n) is 0.958. The summed E-state index contributed by atoms with van der Waals surface area (Å²) in [6, 6.07) is 0. The minimum Gasteiger partial charge on any atom is -0.471 e. The first-order valence-electron chi connectivity index (χ1n) is 4.66. The molecule has 1 atom stereocenters. The third-order valence-electron chi connectivity index (χ3n) is 1.62. The lowest BCUT2D eigenvalue weighted by Crippen LogP contribution is -2.20. The van der Waals surface area contributed by atoms with E-state index in [-0.39, 0.29) is 11.4 Å². The monoisotopic (exact) mass is 231 g/mol. The number of hydrogen-bond acceptors (Lipinski definition) is 5. The van der Waals surface area contributed by atoms with Crippen molar-refractivity contribution in [2.75, 3.05) is 18.9 Å². The van der Waals surface area contributed by atoms with Crippen LogP contribution in [0.2, 0.25) is 5.28 Å². The Kier molecular flexibility index (Phi) is 4.58. The van der Waals surface area contributed by atoms with Gasteiger partial charge in [-0.15, -0.1) is 0 Å². The van der Waals surface area contributed by atoms with Gasteiger partial charge in [0, 0.05) is 6.61 Å². The molecule has 0 fully saturated rings. The van der Waals surface area contributed by atoms with Gasteiger partial charge >= 0.3 is 0 Å². The zero-order valence-corrected chi connectivity index (χ0v) is 9.49. The second kappa shape index (κ2) is 5.72. The van der Waals surface area contributed by atoms with Gasteiger partial charge in [0.15, 0.2) is 0 Å². The highest BCUT2D eigenvalue weighted by molar-refractivity contribution is 6.28. The number of nitrogens with zero attached hydrogens (tertiary/aromatic N) is 2. The van der Waals surface area contributed by atoms with E-state index in [1.807, 2.05) is 13.8 Å². The number of ether oxygens (including phenoxy) is 2. The Morgan fingerprint density at radius 2 is 2.33 bits per heavy atom. The van der Waals surface area contributed by atoms with Gasteiger partial charge in [0.05, 0.1) is 12.8 Å². The summed E-state index contributed by atoms with van der Waals surface area (Å²) in [5.41, 5.74) is 5.98. The van der Waals surface area contributed by atoms with Gasteiger partial charge in [-0.1, -0.05) is 0 Å². The first kappa shape index (κ1) is 12.0. The molecule has 5 nitrogen and oxygen atoms in total. The van der Waals surface area contributed by atoms with E-state index >= 15 is 0 Å². The summed E-state index contributed by atoms with van der Waals surface area (Å²) in [4.78, 5) is 7.60. The van der Waals surface area contributed by atoms with Crippen LogP contribution >= 0.6 is 11.6 Å². The Morgan fingerprint density at radius 1 is 1.60 bits per heavy atom. The third-order valence-corrected chi connectivity index (χ3v) is 1.80. The molecule has 0 radical (unpaired) electrons. The Bertz CT molecular complexity index is 322. The average Bonchev–Trinajstić information content (AvgIpc) is 2.20. The van der Waals surface area contributed by atoms with Gasteiger partial charge in [-0.05, 0) is 25.4 Å². The van der Waals surface area contributed by atoms with E-state index in [0.29, 0.717) is 24.8 Å². The largest absolute Gasteiger partial charge is 0.471 e. The summed E-state index contributed by atoms with van der Waals surface area (Å²) in [5, 5.41) is 0.114. The van der Waals surface area contributed by atoms with Crippen LogP contribution in [0.15, 0.2) is 6.20 Å². The molecule has 0 aliphatic rings. The molecule has 1 rings (SSSR count). The number of anilines is 1. The van der Waals surface area contributed by atoms with Gasteiger partial charge < -0.3 is 15.2 Å². The van der Waals surface area contributed by atoms with Crippen LogP contribution in [0.1, 0.15) is 13.8 Å². The first-order chi connectivity index (χ1) is 7.13. The Balaban J connectivity index is 2.59. The van der Waals surface area contributed by atoms with Crippen molar-refractivity contribution in [2.45, 2.75) is 20.0 Å². The predicted octanol–water partition coefficient (Wildman–Crippen LogP) is 1.52. The van der Waals surface area contributed by atoms with E-state index in [1.165, 1.54) is 6.20 Å². The topological polar surface area (TPSA) is 70.3 Å². The first-order valence-corrected chi connectivity index (χ1v) is 5.03. The molecule has 84 valence electrons. The Morgan fingerprint density at radius 3 is 3.00 bits per heavy atom. The van der Waals surface area contributed by atoms with Crippen LogP contribution in [0.3, 0.4) is 0 Å². The zero-order valence-electron chi connectivity index (χ0n) is 8.74. The maximum Gasteiger partial charge on any atom is 0.241 e. The zero-order chi connectivity index (χ0) is 11.3. The lowest BCUT2D eigenvalue weighted by molar-refractivity contribution is 0.0637. The van der Waals surface area contributed by atoms with E-state index in [4.69, 9.17) is 26.8 Å². The normalized spacial score (nSPS) is 12.5. The molecule has 6 heteroatoms. The van der Waals surface area contributed by atoms with Crippen molar-refractivity contribution < 1.29 is 9.47 Å². The molecular weight excluding hydrogens is 218 g/mol. The molecule has 0 bridgehead atoms. The quantitative estimate of drug-likeness (QED) is 0.778. The van der Waals surface area contributed by atoms with Crippen molar-refractivity contribution in [1.82, 2.24) is 9.97 Å². The Hall–Kier alpha value is -1.07. The standard InChI is InChI=1S/C9H14ClN3O2/c1-3-14-5-6(2)15-8-7(11)4-12-9(10)13-8/h4,6H,3,5,11H2,1-2H3. The predicted molar refractivity (Wildman–Crippen MR) is 58.0 cm³/mol. The molecule has 0 spiro atoms. The van der Waals surface area contributed by atoms with Crippen molar-refractivity contribution in [3.05, 3.63) is 11.5 Å². The van der Waals surface area contributed by atoms with Crippen LogP contribution < -0.4 is 10.5 Å². The molecule has 15 heavy (non-hydrogen) atoms. The molecule has 0 aliphatic heterocycles. The van der Waals surface area contributed by atoms with Crippen molar-refractivity contribution >= 4 is 17.3 Å². The molecule has 0 amide bonds. The van der Waals surface area contributed by atoms with Gasteiger partial charge in [-0.25, -0.2) is 4.98 Å². The lowest BCUT2D eigenvalue weighted by atomic mass is 10.4. The van der Waals surface area contributed by atoms with Gasteiger partial charge in [0.1, 0.15) is 11.8 Å². The second-order valence-corrected chi connectivity index (χ2v) is 3.33. The summed E-state index contributed by atoms with van der Waals surface area (Å²) < 4.78 is 10.6. The van der Waals surface area contributed by atoms with E-state index in [1.54, 1.807) is 0 Å². The fourth-order valence-corrected chi connectivity index (χ4v) is 1.08. The maximum atomic E-state index is 5.62. The van der Waals surface area contributed by atoms with E-state index < -0.39 is 0 Å². The number of aromatic nitrogens is 2.